The molecule has 0 amide bonds. The van der Waals surface area contributed by atoms with E-state index < -0.39 is 0 Å². The number of nitrogens with zero attached hydrogens (tertiary/aromatic N) is 1. The van der Waals surface area contributed by atoms with Gasteiger partial charge in [0.25, 0.3) is 0 Å². The lowest BCUT2D eigenvalue weighted by molar-refractivity contribution is 0.0983. The second-order valence-corrected chi connectivity index (χ2v) is 4.93. The van der Waals surface area contributed by atoms with Crippen LogP contribution < -0.4 is 15.0 Å². The highest BCUT2D eigenvalue weighted by atomic mass is 16.5. The van der Waals surface area contributed by atoms with Gasteiger partial charge in [-0.2, -0.15) is 0 Å². The van der Waals surface area contributed by atoms with Crippen molar-refractivity contribution in [3.8, 4) is 5.75 Å². The monoisotopic (exact) mass is 262 g/mol. The lowest BCUT2D eigenvalue weighted by Crippen LogP contribution is -2.38. The van der Waals surface area contributed by atoms with Gasteiger partial charge < -0.3 is 15.0 Å². The van der Waals surface area contributed by atoms with Crippen molar-refractivity contribution in [2.45, 2.75) is 26.4 Å². The summed E-state index contributed by atoms with van der Waals surface area (Å²) in [7, 11) is 1.86. The molecule has 0 aliphatic carbocycles. The Kier molecular flexibility index (Phi) is 4.43. The summed E-state index contributed by atoms with van der Waals surface area (Å²) < 4.78 is 5.81. The highest BCUT2D eigenvalue weighted by Gasteiger charge is 2.22. The highest BCUT2D eigenvalue weighted by Crippen LogP contribution is 2.34. The minimum absolute atomic E-state index is 0.173. The van der Waals surface area contributed by atoms with Gasteiger partial charge in [0.05, 0.1) is 12.2 Å². The lowest BCUT2D eigenvalue weighted by atomic mass is 10.1. The Morgan fingerprint density at radius 1 is 1.53 bits per heavy atom. The summed E-state index contributed by atoms with van der Waals surface area (Å²) in [6, 6.07) is 5.74. The molecule has 1 aromatic rings. The molecule has 0 saturated heterocycles. The zero-order valence-corrected chi connectivity index (χ0v) is 11.9. The van der Waals surface area contributed by atoms with Gasteiger partial charge in [0.1, 0.15) is 11.9 Å². The molecule has 1 aliphatic heterocycles. The van der Waals surface area contributed by atoms with Crippen molar-refractivity contribution >= 4 is 11.5 Å². The van der Waals surface area contributed by atoms with Crippen LogP contribution in [0.5, 0.6) is 5.75 Å². The average Bonchev–Trinajstić information content (AvgIpc) is 2.43. The number of hydrogen-bond acceptors (Lipinski definition) is 4. The van der Waals surface area contributed by atoms with Crippen molar-refractivity contribution in [3.63, 3.8) is 0 Å². The van der Waals surface area contributed by atoms with Crippen molar-refractivity contribution in [1.82, 2.24) is 5.32 Å². The summed E-state index contributed by atoms with van der Waals surface area (Å²) in [6.45, 7) is 6.70. The SMILES string of the molecule is CCN1CC(C)Oc2ccc(C(=O)CCNC)cc21. The van der Waals surface area contributed by atoms with Gasteiger partial charge in [-0.3, -0.25) is 4.79 Å². The minimum atomic E-state index is 0.173. The van der Waals surface area contributed by atoms with Gasteiger partial charge in [-0.05, 0) is 39.1 Å². The number of benzene rings is 1. The van der Waals surface area contributed by atoms with E-state index in [0.717, 1.165) is 30.1 Å². The Hall–Kier alpha value is -1.55. The third-order valence-corrected chi connectivity index (χ3v) is 3.41. The molecule has 0 aromatic heterocycles. The fourth-order valence-corrected chi connectivity index (χ4v) is 2.38. The largest absolute Gasteiger partial charge is 0.487 e. The number of anilines is 1. The summed E-state index contributed by atoms with van der Waals surface area (Å²) in [5, 5.41) is 3.00. The summed E-state index contributed by atoms with van der Waals surface area (Å²) in [5.41, 5.74) is 1.81. The zero-order chi connectivity index (χ0) is 13.8. The first-order chi connectivity index (χ1) is 9.15. The Morgan fingerprint density at radius 3 is 3.00 bits per heavy atom. The normalized spacial score (nSPS) is 17.8. The van der Waals surface area contributed by atoms with Crippen LogP contribution in [0.1, 0.15) is 30.6 Å². The lowest BCUT2D eigenvalue weighted by Gasteiger charge is -2.34. The predicted octanol–water partition coefficient (Wildman–Crippen LogP) is 2.09. The van der Waals surface area contributed by atoms with Crippen molar-refractivity contribution in [3.05, 3.63) is 23.8 Å². The molecular weight excluding hydrogens is 240 g/mol. The summed E-state index contributed by atoms with van der Waals surface area (Å²) in [6.07, 6.45) is 0.719. The first-order valence-corrected chi connectivity index (χ1v) is 6.89. The number of ketones is 1. The number of likely N-dealkylation sites (N-methyl/N-ethyl adjacent to an activating group) is 1. The molecule has 1 unspecified atom stereocenters. The molecule has 0 fully saturated rings. The van der Waals surface area contributed by atoms with Crippen LogP contribution in [0.3, 0.4) is 0 Å². The molecular formula is C15H22N2O2. The minimum Gasteiger partial charge on any atom is -0.487 e. The number of ether oxygens (including phenoxy) is 1. The van der Waals surface area contributed by atoms with Gasteiger partial charge in [-0.25, -0.2) is 0 Å². The average molecular weight is 262 g/mol. The predicted molar refractivity (Wildman–Crippen MR) is 77.3 cm³/mol. The van der Waals surface area contributed by atoms with Crippen LogP contribution in [0.2, 0.25) is 0 Å². The van der Waals surface area contributed by atoms with E-state index in [0.29, 0.717) is 13.0 Å². The fraction of sp³-hybridized carbons (Fsp3) is 0.533. The van der Waals surface area contributed by atoms with Crippen LogP contribution in [0.25, 0.3) is 0 Å². The molecule has 104 valence electrons. The van der Waals surface area contributed by atoms with Crippen molar-refractivity contribution in [2.24, 2.45) is 0 Å². The molecule has 2 rings (SSSR count). The van der Waals surface area contributed by atoms with Gasteiger partial charge in [0.2, 0.25) is 0 Å². The maximum atomic E-state index is 12.0. The molecule has 4 heteroatoms. The van der Waals surface area contributed by atoms with Crippen molar-refractivity contribution in [1.29, 1.82) is 0 Å². The molecule has 1 aliphatic rings. The van der Waals surface area contributed by atoms with E-state index in [-0.39, 0.29) is 11.9 Å². The number of carbonyl (C=O) groups is 1. The fourth-order valence-electron chi connectivity index (χ4n) is 2.38. The van der Waals surface area contributed by atoms with E-state index >= 15 is 0 Å². The summed E-state index contributed by atoms with van der Waals surface area (Å²) in [4.78, 5) is 14.3. The van der Waals surface area contributed by atoms with E-state index in [1.54, 1.807) is 0 Å². The Labute approximate surface area is 114 Å². The van der Waals surface area contributed by atoms with E-state index in [1.807, 2.05) is 25.2 Å². The molecule has 19 heavy (non-hydrogen) atoms. The molecule has 1 heterocycles. The van der Waals surface area contributed by atoms with Crippen molar-refractivity contribution < 1.29 is 9.53 Å². The summed E-state index contributed by atoms with van der Waals surface area (Å²) in [5.74, 6) is 1.05. The summed E-state index contributed by atoms with van der Waals surface area (Å²) >= 11 is 0. The van der Waals surface area contributed by atoms with E-state index in [2.05, 4.69) is 24.1 Å². The maximum Gasteiger partial charge on any atom is 0.164 e. The molecule has 0 spiro atoms. The van der Waals surface area contributed by atoms with Gasteiger partial charge >= 0.3 is 0 Å². The number of fused-ring (bicyclic) bond motifs is 1. The second kappa shape index (κ2) is 6.06. The molecule has 0 saturated carbocycles. The molecule has 1 aromatic carbocycles. The van der Waals surface area contributed by atoms with Crippen molar-refractivity contribution in [2.75, 3.05) is 31.6 Å². The highest BCUT2D eigenvalue weighted by molar-refractivity contribution is 5.97. The number of Topliss-reactive ketones (excluding diaryl/α,β-unsaturated/α-hetero) is 1. The van der Waals surface area contributed by atoms with Gasteiger partial charge in [-0.15, -0.1) is 0 Å². The second-order valence-electron chi connectivity index (χ2n) is 4.93. The van der Waals surface area contributed by atoms with Gasteiger partial charge in [-0.1, -0.05) is 0 Å². The van der Waals surface area contributed by atoms with Crippen LogP contribution in [0, 0.1) is 0 Å². The zero-order valence-electron chi connectivity index (χ0n) is 11.9. The third kappa shape index (κ3) is 3.07. The molecule has 4 nitrogen and oxygen atoms in total. The maximum absolute atomic E-state index is 12.0. The van der Waals surface area contributed by atoms with Gasteiger partial charge in [0, 0.05) is 25.1 Å². The van der Waals surface area contributed by atoms with E-state index in [9.17, 15) is 4.79 Å². The van der Waals surface area contributed by atoms with Crippen LogP contribution in [-0.2, 0) is 0 Å². The molecule has 1 N–H and O–H groups in total. The van der Waals surface area contributed by atoms with Crippen LogP contribution in [-0.4, -0.2) is 38.6 Å². The van der Waals surface area contributed by atoms with E-state index in [4.69, 9.17) is 4.74 Å². The first kappa shape index (κ1) is 13.9. The van der Waals surface area contributed by atoms with E-state index in [1.165, 1.54) is 0 Å². The Balaban J connectivity index is 2.24. The third-order valence-electron chi connectivity index (χ3n) is 3.41. The molecule has 0 radical (unpaired) electrons. The molecule has 1 atom stereocenters. The Bertz CT molecular complexity index is 459. The van der Waals surface area contributed by atoms with Crippen LogP contribution in [0.15, 0.2) is 18.2 Å². The number of nitrogens with one attached hydrogen (secondary N) is 1. The van der Waals surface area contributed by atoms with Gasteiger partial charge in [0.15, 0.2) is 5.78 Å². The first-order valence-electron chi connectivity index (χ1n) is 6.89. The Morgan fingerprint density at radius 2 is 2.32 bits per heavy atom. The number of carbonyl (C=O) groups excluding carboxylic acids is 1. The molecule has 0 bridgehead atoms. The smallest absolute Gasteiger partial charge is 0.164 e. The quantitative estimate of drug-likeness (QED) is 0.825. The van der Waals surface area contributed by atoms with Crippen LogP contribution in [0.4, 0.5) is 5.69 Å². The standard InChI is InChI=1S/C15H22N2O2/c1-4-17-10-11(2)19-15-6-5-12(9-13(15)17)14(18)7-8-16-3/h5-6,9,11,16H,4,7-8,10H2,1-3H3. The number of hydrogen-bond donors (Lipinski definition) is 1. The number of rotatable bonds is 5. The van der Waals surface area contributed by atoms with Crippen LogP contribution >= 0.6 is 0 Å². The topological polar surface area (TPSA) is 41.6 Å².